The first-order valence-electron chi connectivity index (χ1n) is 7.37. The van der Waals surface area contributed by atoms with Crippen molar-refractivity contribution in [3.05, 3.63) is 33.8 Å². The van der Waals surface area contributed by atoms with Crippen LogP contribution in [0.3, 0.4) is 0 Å². The molecule has 22 heavy (non-hydrogen) atoms. The summed E-state index contributed by atoms with van der Waals surface area (Å²) in [6.45, 7) is 4.12. The molecule has 2 rings (SSSR count). The zero-order valence-corrected chi connectivity index (χ0v) is 13.1. The summed E-state index contributed by atoms with van der Waals surface area (Å²) in [4.78, 5) is 18.4. The van der Waals surface area contributed by atoms with Crippen LogP contribution in [0, 0.1) is 10.1 Å². The highest BCUT2D eigenvalue weighted by Gasteiger charge is 2.20. The second-order valence-corrected chi connectivity index (χ2v) is 5.56. The van der Waals surface area contributed by atoms with Crippen LogP contribution in [-0.2, 0) is 13.1 Å². The Morgan fingerprint density at radius 2 is 2.23 bits per heavy atom. The van der Waals surface area contributed by atoms with Gasteiger partial charge in [-0.25, -0.2) is 0 Å². The second-order valence-electron chi connectivity index (χ2n) is 5.56. The van der Waals surface area contributed by atoms with Crippen molar-refractivity contribution >= 4 is 5.84 Å². The van der Waals surface area contributed by atoms with Crippen molar-refractivity contribution in [1.82, 2.24) is 15.1 Å². The van der Waals surface area contributed by atoms with Crippen LogP contribution in [0.4, 0.5) is 0 Å². The van der Waals surface area contributed by atoms with E-state index in [1.165, 1.54) is 0 Å². The Morgan fingerprint density at radius 1 is 1.45 bits per heavy atom. The quantitative estimate of drug-likeness (QED) is 0.404. The maximum atomic E-state index is 10.6. The maximum absolute atomic E-state index is 10.6. The lowest BCUT2D eigenvalue weighted by Crippen LogP contribution is -2.37. The van der Waals surface area contributed by atoms with Gasteiger partial charge < -0.3 is 19.5 Å². The molecule has 0 saturated heterocycles. The van der Waals surface area contributed by atoms with Gasteiger partial charge in [-0.05, 0) is 26.2 Å². The fourth-order valence-corrected chi connectivity index (χ4v) is 2.37. The first-order valence-corrected chi connectivity index (χ1v) is 7.37. The Morgan fingerprint density at radius 3 is 2.95 bits per heavy atom. The van der Waals surface area contributed by atoms with E-state index in [0.29, 0.717) is 18.9 Å². The van der Waals surface area contributed by atoms with E-state index in [1.807, 2.05) is 31.1 Å². The standard InChI is InChI=1S/C14H23N5O3/c1-17(2)10-13-4-3-12(22-13)9-15-5-7-18-8-6-16-14(18)11-19(20)21/h3-4,15H,5-11H2,1-2H3. The van der Waals surface area contributed by atoms with Crippen LogP contribution < -0.4 is 5.32 Å². The molecular formula is C14H23N5O3. The highest BCUT2D eigenvalue weighted by atomic mass is 16.6. The summed E-state index contributed by atoms with van der Waals surface area (Å²) in [6, 6.07) is 3.96. The number of amidine groups is 1. The molecule has 1 aromatic heterocycles. The fourth-order valence-electron chi connectivity index (χ4n) is 2.37. The average molecular weight is 309 g/mol. The van der Waals surface area contributed by atoms with Crippen LogP contribution in [0.1, 0.15) is 11.5 Å². The molecule has 8 nitrogen and oxygen atoms in total. The molecule has 2 heterocycles. The first-order chi connectivity index (χ1) is 10.5. The van der Waals surface area contributed by atoms with Crippen LogP contribution in [0.2, 0.25) is 0 Å². The summed E-state index contributed by atoms with van der Waals surface area (Å²) in [5.41, 5.74) is 0. The summed E-state index contributed by atoms with van der Waals surface area (Å²) >= 11 is 0. The van der Waals surface area contributed by atoms with Gasteiger partial charge in [0.15, 0.2) is 5.84 Å². The lowest BCUT2D eigenvalue weighted by atomic mass is 10.4. The zero-order valence-electron chi connectivity index (χ0n) is 13.1. The summed E-state index contributed by atoms with van der Waals surface area (Å²) in [5, 5.41) is 13.9. The van der Waals surface area contributed by atoms with E-state index in [1.54, 1.807) is 0 Å². The molecule has 1 N–H and O–H groups in total. The Bertz CT molecular complexity index is 526. The maximum Gasteiger partial charge on any atom is 0.260 e. The monoisotopic (exact) mass is 309 g/mol. The topological polar surface area (TPSA) is 87.1 Å². The van der Waals surface area contributed by atoms with Gasteiger partial charge in [-0.1, -0.05) is 0 Å². The van der Waals surface area contributed by atoms with Gasteiger partial charge in [0.25, 0.3) is 6.54 Å². The van der Waals surface area contributed by atoms with Gasteiger partial charge in [0.2, 0.25) is 0 Å². The number of aliphatic imine (C=N–C) groups is 1. The molecule has 8 heteroatoms. The lowest BCUT2D eigenvalue weighted by Gasteiger charge is -2.18. The molecule has 0 spiro atoms. The van der Waals surface area contributed by atoms with Crippen molar-refractivity contribution in [2.75, 3.05) is 46.8 Å². The van der Waals surface area contributed by atoms with Crippen molar-refractivity contribution in [3.8, 4) is 0 Å². The SMILES string of the molecule is CN(C)Cc1ccc(CNCCN2CCN=C2C[N+](=O)[O-])o1. The normalized spacial score (nSPS) is 14.7. The van der Waals surface area contributed by atoms with E-state index in [2.05, 4.69) is 15.2 Å². The van der Waals surface area contributed by atoms with E-state index in [0.717, 1.165) is 37.7 Å². The van der Waals surface area contributed by atoms with E-state index >= 15 is 0 Å². The van der Waals surface area contributed by atoms with Crippen molar-refractivity contribution in [2.24, 2.45) is 4.99 Å². The molecule has 0 fully saturated rings. The Hall–Kier alpha value is -1.93. The molecule has 0 aromatic carbocycles. The summed E-state index contributed by atoms with van der Waals surface area (Å²) in [7, 11) is 4.00. The minimum absolute atomic E-state index is 0.188. The molecule has 0 aliphatic carbocycles. The van der Waals surface area contributed by atoms with Crippen LogP contribution in [0.25, 0.3) is 0 Å². The van der Waals surface area contributed by atoms with Gasteiger partial charge in [0.05, 0.1) is 19.6 Å². The molecule has 1 aromatic rings. The van der Waals surface area contributed by atoms with Crippen LogP contribution in [-0.4, -0.2) is 67.4 Å². The molecule has 0 bridgehead atoms. The average Bonchev–Trinajstić information content (AvgIpc) is 3.03. The third-order valence-corrected chi connectivity index (χ3v) is 3.35. The molecule has 1 aliphatic rings. The third kappa shape index (κ3) is 5.12. The summed E-state index contributed by atoms with van der Waals surface area (Å²) in [5.74, 6) is 2.43. The van der Waals surface area contributed by atoms with E-state index < -0.39 is 0 Å². The molecule has 0 saturated carbocycles. The highest BCUT2D eigenvalue weighted by molar-refractivity contribution is 5.84. The second kappa shape index (κ2) is 7.90. The van der Waals surface area contributed by atoms with Crippen molar-refractivity contribution in [1.29, 1.82) is 0 Å². The number of nitrogens with one attached hydrogen (secondary N) is 1. The van der Waals surface area contributed by atoms with Crippen LogP contribution in [0.5, 0.6) is 0 Å². The predicted octanol–water partition coefficient (Wildman–Crippen LogP) is 0.422. The van der Waals surface area contributed by atoms with E-state index in [-0.39, 0.29) is 11.5 Å². The molecular weight excluding hydrogens is 286 g/mol. The summed E-state index contributed by atoms with van der Waals surface area (Å²) in [6.07, 6.45) is 0. The number of hydrogen-bond donors (Lipinski definition) is 1. The molecule has 0 atom stereocenters. The number of nitrogens with zero attached hydrogens (tertiary/aromatic N) is 4. The third-order valence-electron chi connectivity index (χ3n) is 3.35. The van der Waals surface area contributed by atoms with Crippen molar-refractivity contribution in [3.63, 3.8) is 0 Å². The van der Waals surface area contributed by atoms with Gasteiger partial charge >= 0.3 is 0 Å². The first kappa shape index (κ1) is 16.4. The number of rotatable bonds is 9. The Kier molecular flexibility index (Phi) is 5.91. The van der Waals surface area contributed by atoms with Gasteiger partial charge in [-0.3, -0.25) is 15.1 Å². The minimum Gasteiger partial charge on any atom is -0.463 e. The number of hydrogen-bond acceptors (Lipinski definition) is 7. The number of furan rings is 1. The molecule has 0 radical (unpaired) electrons. The van der Waals surface area contributed by atoms with Crippen molar-refractivity contribution in [2.45, 2.75) is 13.1 Å². The lowest BCUT2D eigenvalue weighted by molar-refractivity contribution is -0.464. The number of nitro groups is 1. The van der Waals surface area contributed by atoms with Gasteiger partial charge in [-0.15, -0.1) is 0 Å². The highest BCUT2D eigenvalue weighted by Crippen LogP contribution is 2.09. The van der Waals surface area contributed by atoms with Crippen LogP contribution >= 0.6 is 0 Å². The molecule has 0 amide bonds. The molecule has 0 unspecified atom stereocenters. The fraction of sp³-hybridized carbons (Fsp3) is 0.643. The predicted molar refractivity (Wildman–Crippen MR) is 83.5 cm³/mol. The molecule has 122 valence electrons. The smallest absolute Gasteiger partial charge is 0.260 e. The van der Waals surface area contributed by atoms with Crippen molar-refractivity contribution < 1.29 is 9.34 Å². The van der Waals surface area contributed by atoms with Gasteiger partial charge in [-0.2, -0.15) is 0 Å². The van der Waals surface area contributed by atoms with E-state index in [9.17, 15) is 10.1 Å². The molecule has 1 aliphatic heterocycles. The van der Waals surface area contributed by atoms with E-state index in [4.69, 9.17) is 4.42 Å². The zero-order chi connectivity index (χ0) is 15.9. The minimum atomic E-state index is -0.334. The Labute approximate surface area is 129 Å². The largest absolute Gasteiger partial charge is 0.463 e. The summed E-state index contributed by atoms with van der Waals surface area (Å²) < 4.78 is 5.71. The van der Waals surface area contributed by atoms with Gasteiger partial charge in [0.1, 0.15) is 11.5 Å². The Balaban J connectivity index is 1.68. The van der Waals surface area contributed by atoms with Gasteiger partial charge in [0, 0.05) is 24.6 Å². The van der Waals surface area contributed by atoms with Crippen LogP contribution in [0.15, 0.2) is 21.5 Å².